The van der Waals surface area contributed by atoms with E-state index in [2.05, 4.69) is 33.8 Å². The lowest BCUT2D eigenvalue weighted by atomic mass is 9.34. The summed E-state index contributed by atoms with van der Waals surface area (Å²) in [7, 11) is 2.77. The molecule has 0 saturated heterocycles. The Kier molecular flexibility index (Phi) is 6.62. The Hall–Kier alpha value is -2.75. The molecule has 222 valence electrons. The lowest BCUT2D eigenvalue weighted by Gasteiger charge is -2.68. The normalized spacial score (nSPS) is 44.5. The van der Waals surface area contributed by atoms with Gasteiger partial charge in [0.1, 0.15) is 6.07 Å². The molecule has 41 heavy (non-hydrogen) atoms. The van der Waals surface area contributed by atoms with Crippen LogP contribution < -0.4 is 0 Å². The van der Waals surface area contributed by atoms with Crippen molar-refractivity contribution in [2.24, 2.45) is 50.2 Å². The summed E-state index contributed by atoms with van der Waals surface area (Å²) in [5, 5.41) is 10.0. The summed E-state index contributed by atoms with van der Waals surface area (Å²) in [5.74, 6) is -1.67. The second-order valence-corrected chi connectivity index (χ2v) is 15.4. The van der Waals surface area contributed by atoms with Gasteiger partial charge in [0.25, 0.3) is 0 Å². The summed E-state index contributed by atoms with van der Waals surface area (Å²) >= 11 is 0. The number of fused-ring (bicyclic) bond motifs is 7. The topological polar surface area (TPSA) is 111 Å². The van der Waals surface area contributed by atoms with E-state index in [-0.39, 0.29) is 52.7 Å². The number of rotatable bonds is 3. The fourth-order valence-corrected chi connectivity index (χ4v) is 10.6. The number of esters is 2. The van der Waals surface area contributed by atoms with Gasteiger partial charge in [0.15, 0.2) is 11.6 Å². The first-order chi connectivity index (χ1) is 19.0. The van der Waals surface area contributed by atoms with E-state index in [4.69, 9.17) is 9.47 Å². The lowest BCUT2D eigenvalue weighted by Crippen LogP contribution is -2.66. The Morgan fingerprint density at radius 3 is 2.24 bits per heavy atom. The molecule has 0 aromatic carbocycles. The summed E-state index contributed by atoms with van der Waals surface area (Å²) < 4.78 is 10.4. The Balaban J connectivity index is 1.69. The lowest BCUT2D eigenvalue weighted by molar-refractivity contribution is -0.191. The molecule has 0 heterocycles. The van der Waals surface area contributed by atoms with E-state index in [0.717, 1.165) is 37.7 Å². The molecule has 5 rings (SSSR count). The number of methoxy groups -OCH3 is 2. The third-order valence-electron chi connectivity index (χ3n) is 13.0. The zero-order valence-corrected chi connectivity index (χ0v) is 25.9. The maximum absolute atomic E-state index is 14.5. The second-order valence-electron chi connectivity index (χ2n) is 15.4. The van der Waals surface area contributed by atoms with Crippen molar-refractivity contribution >= 4 is 23.5 Å². The maximum atomic E-state index is 14.5. The van der Waals surface area contributed by atoms with E-state index in [1.165, 1.54) is 14.2 Å². The maximum Gasteiger partial charge on any atom is 0.312 e. The van der Waals surface area contributed by atoms with Gasteiger partial charge in [-0.1, -0.05) is 53.2 Å². The molecule has 0 aromatic heterocycles. The first-order valence-electron chi connectivity index (χ1n) is 15.1. The van der Waals surface area contributed by atoms with Crippen LogP contribution in [0, 0.1) is 61.6 Å². The monoisotopic (exact) mass is 563 g/mol. The average molecular weight is 564 g/mol. The van der Waals surface area contributed by atoms with E-state index in [1.807, 2.05) is 13.0 Å². The first-order valence-corrected chi connectivity index (χ1v) is 15.1. The van der Waals surface area contributed by atoms with Gasteiger partial charge in [0, 0.05) is 16.7 Å². The van der Waals surface area contributed by atoms with E-state index in [9.17, 15) is 24.4 Å². The molecule has 3 fully saturated rings. The SMILES string of the molecule is COC(=O)C[C@]1(C)C(=O)C(C#N)=C[C@]2(C)C3=CC(=O)C4C5CC(C)(C)CC[C@]5(C(=O)OC)CC[C@@]4(C)[C@]3(C)CCC21. The number of hydrogen-bond acceptors (Lipinski definition) is 7. The molecule has 0 aliphatic heterocycles. The van der Waals surface area contributed by atoms with Gasteiger partial charge >= 0.3 is 11.9 Å². The Morgan fingerprint density at radius 1 is 0.976 bits per heavy atom. The molecule has 5 aliphatic rings. The number of carbonyl (C=O) groups excluding carboxylic acids is 4. The number of hydrogen-bond donors (Lipinski definition) is 0. The van der Waals surface area contributed by atoms with E-state index in [0.29, 0.717) is 12.8 Å². The van der Waals surface area contributed by atoms with E-state index in [1.54, 1.807) is 13.0 Å². The fraction of sp³-hybridized carbons (Fsp3) is 0.735. The number of Topliss-reactive ketones (excluding diaryl/α,β-unsaturated/α-hetero) is 1. The predicted molar refractivity (Wildman–Crippen MR) is 152 cm³/mol. The summed E-state index contributed by atoms with van der Waals surface area (Å²) in [6.07, 6.45) is 8.75. The largest absolute Gasteiger partial charge is 0.469 e. The zero-order chi connectivity index (χ0) is 30.4. The summed E-state index contributed by atoms with van der Waals surface area (Å²) in [5.41, 5.74) is -2.34. The first kappa shape index (κ1) is 29.7. The van der Waals surface area contributed by atoms with Crippen molar-refractivity contribution in [3.63, 3.8) is 0 Å². The molecule has 0 amide bonds. The van der Waals surface area contributed by atoms with Crippen molar-refractivity contribution in [3.8, 4) is 6.07 Å². The van der Waals surface area contributed by atoms with Crippen molar-refractivity contribution in [2.45, 2.75) is 92.9 Å². The Morgan fingerprint density at radius 2 is 1.63 bits per heavy atom. The molecule has 0 radical (unpaired) electrons. The molecule has 0 N–H and O–H groups in total. The van der Waals surface area contributed by atoms with Crippen LogP contribution in [0.4, 0.5) is 0 Å². The summed E-state index contributed by atoms with van der Waals surface area (Å²) in [6.45, 7) is 12.8. The van der Waals surface area contributed by atoms with Crippen molar-refractivity contribution in [1.29, 1.82) is 5.26 Å². The summed E-state index contributed by atoms with van der Waals surface area (Å²) in [4.78, 5) is 54.2. The average Bonchev–Trinajstić information content (AvgIpc) is 2.91. The molecular formula is C34H45NO6. The van der Waals surface area contributed by atoms with Gasteiger partial charge in [-0.2, -0.15) is 5.26 Å². The molecule has 8 atom stereocenters. The smallest absolute Gasteiger partial charge is 0.312 e. The van der Waals surface area contributed by atoms with Crippen LogP contribution in [0.25, 0.3) is 0 Å². The number of carbonyl (C=O) groups is 4. The van der Waals surface area contributed by atoms with Crippen LogP contribution in [-0.2, 0) is 28.7 Å². The molecule has 7 heteroatoms. The highest BCUT2D eigenvalue weighted by molar-refractivity contribution is 6.06. The Bertz CT molecular complexity index is 1330. The highest BCUT2D eigenvalue weighted by Crippen LogP contribution is 2.74. The highest BCUT2D eigenvalue weighted by atomic mass is 16.5. The minimum Gasteiger partial charge on any atom is -0.469 e. The molecule has 5 aliphatic carbocycles. The zero-order valence-electron chi connectivity index (χ0n) is 25.9. The molecule has 0 spiro atoms. The van der Waals surface area contributed by atoms with Crippen LogP contribution in [0.2, 0.25) is 0 Å². The number of ether oxygens (including phenoxy) is 2. The Labute approximate surface area is 244 Å². The van der Waals surface area contributed by atoms with Gasteiger partial charge in [-0.3, -0.25) is 19.2 Å². The van der Waals surface area contributed by atoms with Crippen LogP contribution in [-0.4, -0.2) is 37.7 Å². The van der Waals surface area contributed by atoms with Gasteiger partial charge in [-0.15, -0.1) is 0 Å². The quantitative estimate of drug-likeness (QED) is 0.392. The summed E-state index contributed by atoms with van der Waals surface area (Å²) in [6, 6.07) is 2.11. The van der Waals surface area contributed by atoms with Crippen LogP contribution >= 0.6 is 0 Å². The van der Waals surface area contributed by atoms with E-state index < -0.39 is 33.0 Å². The third kappa shape index (κ3) is 3.74. The number of nitrogens with zero attached hydrogens (tertiary/aromatic N) is 1. The highest BCUT2D eigenvalue weighted by Gasteiger charge is 2.71. The molecule has 3 unspecified atom stereocenters. The van der Waals surface area contributed by atoms with Crippen molar-refractivity contribution in [3.05, 3.63) is 23.3 Å². The standard InChI is InChI=1S/C34H45NO6/c1-29(2)11-13-34(28(39)41-8)14-12-33(6)26(21(34)17-29)22(36)15-24-30(3)16-20(19-35)27(38)31(4,18-25(37)40-7)23(30)9-10-32(24,33)5/h15-16,21,23,26H,9-14,17-18H2,1-8H3/t21?,23?,26?,30-,31-,32+,33+,34-/m0/s1. The van der Waals surface area contributed by atoms with Crippen molar-refractivity contribution in [2.75, 3.05) is 14.2 Å². The predicted octanol–water partition coefficient (Wildman–Crippen LogP) is 5.92. The van der Waals surface area contributed by atoms with Gasteiger partial charge < -0.3 is 9.47 Å². The minimum absolute atomic E-state index is 0.0130. The van der Waals surface area contributed by atoms with Gasteiger partial charge in [0.2, 0.25) is 0 Å². The van der Waals surface area contributed by atoms with Crippen molar-refractivity contribution < 1.29 is 28.7 Å². The van der Waals surface area contributed by atoms with E-state index >= 15 is 0 Å². The second kappa shape index (κ2) is 9.12. The third-order valence-corrected chi connectivity index (χ3v) is 13.0. The van der Waals surface area contributed by atoms with Gasteiger partial charge in [-0.05, 0) is 79.1 Å². The van der Waals surface area contributed by atoms with Crippen LogP contribution in [0.1, 0.15) is 92.9 Å². The molecule has 7 nitrogen and oxygen atoms in total. The fourth-order valence-electron chi connectivity index (χ4n) is 10.6. The van der Waals surface area contributed by atoms with Crippen LogP contribution in [0.3, 0.4) is 0 Å². The molecule has 3 saturated carbocycles. The van der Waals surface area contributed by atoms with Crippen molar-refractivity contribution in [1.82, 2.24) is 0 Å². The van der Waals surface area contributed by atoms with Gasteiger partial charge in [0.05, 0.1) is 31.6 Å². The number of allylic oxidation sites excluding steroid dienone is 4. The number of ketones is 2. The van der Waals surface area contributed by atoms with Crippen LogP contribution in [0.15, 0.2) is 23.3 Å². The van der Waals surface area contributed by atoms with Gasteiger partial charge in [-0.25, -0.2) is 0 Å². The minimum atomic E-state index is -1.12. The van der Waals surface area contributed by atoms with Crippen LogP contribution in [0.5, 0.6) is 0 Å². The molecule has 0 aromatic rings. The molecule has 0 bridgehead atoms. The molecular weight excluding hydrogens is 518 g/mol. The number of nitriles is 1.